The maximum absolute atomic E-state index is 11.6. The first-order chi connectivity index (χ1) is 7.77. The maximum Gasteiger partial charge on any atom is 0.293 e. The van der Waals surface area contributed by atoms with Crippen LogP contribution in [0.2, 0.25) is 0 Å². The summed E-state index contributed by atoms with van der Waals surface area (Å²) in [6.45, 7) is 2.50. The van der Waals surface area contributed by atoms with E-state index in [1.165, 1.54) is 4.57 Å². The molecule has 1 atom stereocenters. The molecule has 0 amide bonds. The summed E-state index contributed by atoms with van der Waals surface area (Å²) in [7, 11) is 1.72. The molecule has 5 nitrogen and oxygen atoms in total. The molecule has 88 valence electrons. The molecule has 1 N–H and O–H groups in total. The molecule has 0 radical (unpaired) electrons. The van der Waals surface area contributed by atoms with Gasteiger partial charge in [-0.1, -0.05) is 0 Å². The summed E-state index contributed by atoms with van der Waals surface area (Å²) >= 11 is 0. The number of ether oxygens (including phenoxy) is 1. The molecule has 1 unspecified atom stereocenters. The quantitative estimate of drug-likeness (QED) is 0.813. The molecule has 0 saturated carbocycles. The number of hydrogen-bond donors (Lipinski definition) is 1. The molecule has 1 aromatic heterocycles. The van der Waals surface area contributed by atoms with Gasteiger partial charge in [-0.25, -0.2) is 4.98 Å². The molecule has 5 heteroatoms. The highest BCUT2D eigenvalue weighted by atomic mass is 16.5. The molecule has 16 heavy (non-hydrogen) atoms. The zero-order valence-electron chi connectivity index (χ0n) is 9.48. The average molecular weight is 223 g/mol. The Morgan fingerprint density at radius 2 is 2.56 bits per heavy atom. The Morgan fingerprint density at radius 1 is 1.69 bits per heavy atom. The number of rotatable bonds is 4. The topological polar surface area (TPSA) is 56.1 Å². The van der Waals surface area contributed by atoms with Gasteiger partial charge in [-0.05, 0) is 18.8 Å². The molecule has 2 rings (SSSR count). The zero-order chi connectivity index (χ0) is 11.4. The van der Waals surface area contributed by atoms with Crippen LogP contribution in [0.5, 0.6) is 0 Å². The van der Waals surface area contributed by atoms with Crippen LogP contribution in [0.1, 0.15) is 12.8 Å². The molecule has 1 saturated heterocycles. The predicted molar refractivity (Wildman–Crippen MR) is 61.5 cm³/mol. The summed E-state index contributed by atoms with van der Waals surface area (Å²) in [5.41, 5.74) is -0.0785. The minimum atomic E-state index is -0.0785. The van der Waals surface area contributed by atoms with Crippen molar-refractivity contribution in [2.24, 2.45) is 13.0 Å². The van der Waals surface area contributed by atoms with E-state index in [0.717, 1.165) is 32.6 Å². The van der Waals surface area contributed by atoms with Gasteiger partial charge in [-0.3, -0.25) is 4.79 Å². The van der Waals surface area contributed by atoms with Crippen LogP contribution in [-0.4, -0.2) is 29.3 Å². The summed E-state index contributed by atoms with van der Waals surface area (Å²) in [4.78, 5) is 15.6. The van der Waals surface area contributed by atoms with Gasteiger partial charge in [-0.2, -0.15) is 0 Å². The van der Waals surface area contributed by atoms with E-state index < -0.39 is 0 Å². The van der Waals surface area contributed by atoms with Gasteiger partial charge in [-0.15, -0.1) is 0 Å². The zero-order valence-corrected chi connectivity index (χ0v) is 9.48. The Kier molecular flexibility index (Phi) is 3.56. The third-order valence-corrected chi connectivity index (χ3v) is 2.89. The predicted octanol–water partition coefficient (Wildman–Crippen LogP) is 0.619. The van der Waals surface area contributed by atoms with E-state index in [1.807, 2.05) is 0 Å². The van der Waals surface area contributed by atoms with Crippen LogP contribution in [-0.2, 0) is 11.8 Å². The minimum Gasteiger partial charge on any atom is -0.381 e. The van der Waals surface area contributed by atoms with Crippen molar-refractivity contribution in [2.75, 3.05) is 25.1 Å². The number of nitrogens with one attached hydrogen (secondary N) is 1. The molecule has 2 heterocycles. The van der Waals surface area contributed by atoms with Crippen molar-refractivity contribution < 1.29 is 4.74 Å². The summed E-state index contributed by atoms with van der Waals surface area (Å²) in [5, 5.41) is 3.08. The largest absolute Gasteiger partial charge is 0.381 e. The van der Waals surface area contributed by atoms with Crippen molar-refractivity contribution in [3.8, 4) is 0 Å². The number of aromatic nitrogens is 2. The Balaban J connectivity index is 1.85. The van der Waals surface area contributed by atoms with Crippen molar-refractivity contribution in [3.05, 3.63) is 22.7 Å². The number of aryl methyl sites for hydroxylation is 1. The summed E-state index contributed by atoms with van der Waals surface area (Å²) in [6.07, 6.45) is 5.43. The van der Waals surface area contributed by atoms with Gasteiger partial charge in [0.25, 0.3) is 5.56 Å². The van der Waals surface area contributed by atoms with Crippen LogP contribution >= 0.6 is 0 Å². The van der Waals surface area contributed by atoms with Crippen LogP contribution in [0.4, 0.5) is 5.82 Å². The second-order valence-corrected chi connectivity index (χ2v) is 4.14. The van der Waals surface area contributed by atoms with Crippen LogP contribution in [0, 0.1) is 5.92 Å². The van der Waals surface area contributed by atoms with E-state index in [2.05, 4.69) is 10.3 Å². The fraction of sp³-hybridized carbons (Fsp3) is 0.636. The second kappa shape index (κ2) is 5.12. The van der Waals surface area contributed by atoms with Crippen LogP contribution in [0.15, 0.2) is 17.2 Å². The van der Waals surface area contributed by atoms with Gasteiger partial charge in [0.1, 0.15) is 0 Å². The average Bonchev–Trinajstić information content (AvgIpc) is 2.77. The van der Waals surface area contributed by atoms with Crippen molar-refractivity contribution in [2.45, 2.75) is 12.8 Å². The first-order valence-electron chi connectivity index (χ1n) is 5.60. The smallest absolute Gasteiger partial charge is 0.293 e. The second-order valence-electron chi connectivity index (χ2n) is 4.14. The SMILES string of the molecule is Cn1ccnc(NCCC2CCOC2)c1=O. The minimum absolute atomic E-state index is 0.0785. The Bertz CT molecular complexity index is 396. The van der Waals surface area contributed by atoms with Crippen LogP contribution in [0.3, 0.4) is 0 Å². The van der Waals surface area contributed by atoms with E-state index in [4.69, 9.17) is 4.74 Å². The molecule has 0 aliphatic carbocycles. The molecule has 1 aromatic rings. The first-order valence-corrected chi connectivity index (χ1v) is 5.60. The van der Waals surface area contributed by atoms with Crippen molar-refractivity contribution in [1.82, 2.24) is 9.55 Å². The van der Waals surface area contributed by atoms with Gasteiger partial charge in [0.2, 0.25) is 0 Å². The highest BCUT2D eigenvalue weighted by Gasteiger charge is 2.15. The normalized spacial score (nSPS) is 19.9. The third kappa shape index (κ3) is 2.61. The van der Waals surface area contributed by atoms with Gasteiger partial charge in [0.05, 0.1) is 0 Å². The van der Waals surface area contributed by atoms with E-state index in [9.17, 15) is 4.79 Å². The molecular weight excluding hydrogens is 206 g/mol. The van der Waals surface area contributed by atoms with E-state index in [1.54, 1.807) is 19.4 Å². The van der Waals surface area contributed by atoms with Gasteiger partial charge in [0, 0.05) is 39.2 Å². The van der Waals surface area contributed by atoms with E-state index >= 15 is 0 Å². The lowest BCUT2D eigenvalue weighted by Gasteiger charge is -2.09. The standard InChI is InChI=1S/C11H17N3O2/c1-14-6-5-13-10(11(14)15)12-4-2-9-3-7-16-8-9/h5-6,9H,2-4,7-8H2,1H3,(H,12,13). The molecule has 1 aliphatic heterocycles. The van der Waals surface area contributed by atoms with Gasteiger partial charge in [0.15, 0.2) is 5.82 Å². The summed E-state index contributed by atoms with van der Waals surface area (Å²) in [6, 6.07) is 0. The monoisotopic (exact) mass is 223 g/mol. The molecule has 0 spiro atoms. The number of nitrogens with zero attached hydrogens (tertiary/aromatic N) is 2. The maximum atomic E-state index is 11.6. The Morgan fingerprint density at radius 3 is 3.31 bits per heavy atom. The highest BCUT2D eigenvalue weighted by molar-refractivity contribution is 5.30. The van der Waals surface area contributed by atoms with Crippen LogP contribution < -0.4 is 10.9 Å². The fourth-order valence-electron chi connectivity index (χ4n) is 1.82. The molecule has 0 bridgehead atoms. The molecular formula is C11H17N3O2. The highest BCUT2D eigenvalue weighted by Crippen LogP contribution is 2.15. The van der Waals surface area contributed by atoms with Gasteiger partial charge < -0.3 is 14.6 Å². The van der Waals surface area contributed by atoms with E-state index in [-0.39, 0.29) is 5.56 Å². The summed E-state index contributed by atoms with van der Waals surface area (Å²) < 4.78 is 6.82. The van der Waals surface area contributed by atoms with Crippen molar-refractivity contribution in [3.63, 3.8) is 0 Å². The Labute approximate surface area is 94.5 Å². The molecule has 1 fully saturated rings. The van der Waals surface area contributed by atoms with E-state index in [0.29, 0.717) is 11.7 Å². The lowest BCUT2D eigenvalue weighted by atomic mass is 10.1. The summed E-state index contributed by atoms with van der Waals surface area (Å²) in [5.74, 6) is 1.06. The van der Waals surface area contributed by atoms with Gasteiger partial charge >= 0.3 is 0 Å². The lowest BCUT2D eigenvalue weighted by Crippen LogP contribution is -2.23. The van der Waals surface area contributed by atoms with Crippen molar-refractivity contribution in [1.29, 1.82) is 0 Å². The number of anilines is 1. The molecule has 0 aromatic carbocycles. The lowest BCUT2D eigenvalue weighted by molar-refractivity contribution is 0.185. The van der Waals surface area contributed by atoms with Crippen LogP contribution in [0.25, 0.3) is 0 Å². The molecule has 1 aliphatic rings. The fourth-order valence-corrected chi connectivity index (χ4v) is 1.82. The van der Waals surface area contributed by atoms with Crippen molar-refractivity contribution >= 4 is 5.82 Å². The number of hydrogen-bond acceptors (Lipinski definition) is 4. The first kappa shape index (κ1) is 11.1. The third-order valence-electron chi connectivity index (χ3n) is 2.89. The Hall–Kier alpha value is -1.36.